The highest BCUT2D eigenvalue weighted by atomic mass is 32.2. The number of hydrogen-bond donors (Lipinski definition) is 2. The summed E-state index contributed by atoms with van der Waals surface area (Å²) in [5.74, 6) is 0.993. The van der Waals surface area contributed by atoms with Crippen molar-refractivity contribution >= 4 is 18.9 Å². The van der Waals surface area contributed by atoms with Crippen molar-refractivity contribution in [2.24, 2.45) is 0 Å². The second-order valence-electron chi connectivity index (χ2n) is 1.69. The topological polar surface area (TPSA) is 40.5 Å². The molecule has 1 rings (SSSR count). The molecule has 1 aliphatic heterocycles. The first-order chi connectivity index (χ1) is 3.80. The SMILES string of the molecule is OB(O)C1=CSCC1. The van der Waals surface area contributed by atoms with Crippen LogP contribution in [0.5, 0.6) is 0 Å². The zero-order valence-corrected chi connectivity index (χ0v) is 5.19. The van der Waals surface area contributed by atoms with Gasteiger partial charge in [-0.25, -0.2) is 0 Å². The van der Waals surface area contributed by atoms with E-state index >= 15 is 0 Å². The van der Waals surface area contributed by atoms with Crippen molar-refractivity contribution in [1.29, 1.82) is 0 Å². The van der Waals surface area contributed by atoms with E-state index in [0.717, 1.165) is 17.6 Å². The molecular formula is C4H7BO2S. The predicted molar refractivity (Wildman–Crippen MR) is 35.3 cm³/mol. The largest absolute Gasteiger partial charge is 0.484 e. The molecule has 44 valence electrons. The Morgan fingerprint density at radius 2 is 2.38 bits per heavy atom. The first-order valence-electron chi connectivity index (χ1n) is 2.47. The lowest BCUT2D eigenvalue weighted by Gasteiger charge is -1.93. The molecular weight excluding hydrogens is 123 g/mol. The third-order valence-corrected chi connectivity index (χ3v) is 1.98. The molecule has 2 nitrogen and oxygen atoms in total. The molecule has 0 aromatic heterocycles. The van der Waals surface area contributed by atoms with Gasteiger partial charge in [-0.15, -0.1) is 11.8 Å². The van der Waals surface area contributed by atoms with Gasteiger partial charge in [0.05, 0.1) is 0 Å². The van der Waals surface area contributed by atoms with Crippen molar-refractivity contribution in [3.8, 4) is 0 Å². The van der Waals surface area contributed by atoms with E-state index in [0.29, 0.717) is 0 Å². The molecule has 2 N–H and O–H groups in total. The standard InChI is InChI=1S/C4H7BO2S/c6-5(7)4-1-2-8-3-4/h3,6-7H,1-2H2. The van der Waals surface area contributed by atoms with E-state index in [2.05, 4.69) is 0 Å². The van der Waals surface area contributed by atoms with E-state index < -0.39 is 7.12 Å². The summed E-state index contributed by atoms with van der Waals surface area (Å²) in [5.41, 5.74) is 0.745. The fourth-order valence-corrected chi connectivity index (χ4v) is 1.52. The summed E-state index contributed by atoms with van der Waals surface area (Å²) in [5, 5.41) is 18.9. The molecule has 0 amide bonds. The van der Waals surface area contributed by atoms with E-state index in [1.807, 2.05) is 5.41 Å². The van der Waals surface area contributed by atoms with Gasteiger partial charge in [-0.05, 0) is 17.3 Å². The average molecular weight is 130 g/mol. The highest BCUT2D eigenvalue weighted by Crippen LogP contribution is 2.21. The maximum Gasteiger partial charge on any atom is 0.484 e. The van der Waals surface area contributed by atoms with Gasteiger partial charge in [0, 0.05) is 5.75 Å². The molecule has 0 unspecified atom stereocenters. The van der Waals surface area contributed by atoms with Crippen LogP contribution in [0.25, 0.3) is 0 Å². The summed E-state index contributed by atoms with van der Waals surface area (Å²) in [6, 6.07) is 0. The van der Waals surface area contributed by atoms with E-state index in [-0.39, 0.29) is 0 Å². The van der Waals surface area contributed by atoms with Crippen molar-refractivity contribution < 1.29 is 10.0 Å². The van der Waals surface area contributed by atoms with E-state index in [1.54, 1.807) is 11.8 Å². The third-order valence-electron chi connectivity index (χ3n) is 1.07. The van der Waals surface area contributed by atoms with Gasteiger partial charge >= 0.3 is 7.12 Å². The van der Waals surface area contributed by atoms with Crippen molar-refractivity contribution in [3.05, 3.63) is 10.9 Å². The zero-order chi connectivity index (χ0) is 5.98. The van der Waals surface area contributed by atoms with E-state index in [4.69, 9.17) is 10.0 Å². The van der Waals surface area contributed by atoms with Crippen molar-refractivity contribution in [1.82, 2.24) is 0 Å². The van der Waals surface area contributed by atoms with Crippen LogP contribution in [0, 0.1) is 0 Å². The predicted octanol–water partition coefficient (Wildman–Crippen LogP) is 0.0192. The Morgan fingerprint density at radius 3 is 2.62 bits per heavy atom. The Morgan fingerprint density at radius 1 is 1.62 bits per heavy atom. The van der Waals surface area contributed by atoms with Gasteiger partial charge < -0.3 is 10.0 Å². The smallest absolute Gasteiger partial charge is 0.423 e. The second kappa shape index (κ2) is 2.57. The normalized spacial score (nSPS) is 18.5. The molecule has 8 heavy (non-hydrogen) atoms. The van der Waals surface area contributed by atoms with Gasteiger partial charge in [0.2, 0.25) is 0 Å². The molecule has 0 aliphatic carbocycles. The minimum Gasteiger partial charge on any atom is -0.423 e. The third kappa shape index (κ3) is 1.28. The lowest BCUT2D eigenvalue weighted by molar-refractivity contribution is 0.417. The monoisotopic (exact) mass is 130 g/mol. The van der Waals surface area contributed by atoms with Crippen LogP contribution in [0.1, 0.15) is 6.42 Å². The van der Waals surface area contributed by atoms with Crippen molar-refractivity contribution in [3.63, 3.8) is 0 Å². The Balaban J connectivity index is 2.45. The van der Waals surface area contributed by atoms with Crippen LogP contribution in [0.4, 0.5) is 0 Å². The average Bonchev–Trinajstić information content (AvgIpc) is 2.12. The summed E-state index contributed by atoms with van der Waals surface area (Å²) in [6.07, 6.45) is 0.822. The molecule has 4 heteroatoms. The minimum absolute atomic E-state index is 0.745. The van der Waals surface area contributed by atoms with Gasteiger partial charge in [0.25, 0.3) is 0 Å². The molecule has 0 bridgehead atoms. The lowest BCUT2D eigenvalue weighted by Crippen LogP contribution is -2.13. The molecule has 0 aromatic carbocycles. The highest BCUT2D eigenvalue weighted by molar-refractivity contribution is 8.02. The fraction of sp³-hybridized carbons (Fsp3) is 0.500. The molecule has 0 atom stereocenters. The summed E-state index contributed by atoms with van der Waals surface area (Å²) in [4.78, 5) is 0. The highest BCUT2D eigenvalue weighted by Gasteiger charge is 2.16. The molecule has 0 spiro atoms. The van der Waals surface area contributed by atoms with Crippen molar-refractivity contribution in [2.75, 3.05) is 5.75 Å². The first kappa shape index (κ1) is 6.20. The number of rotatable bonds is 1. The molecule has 0 radical (unpaired) electrons. The van der Waals surface area contributed by atoms with Crippen LogP contribution in [0.15, 0.2) is 10.9 Å². The lowest BCUT2D eigenvalue weighted by atomic mass is 9.79. The van der Waals surface area contributed by atoms with Gasteiger partial charge in [0.1, 0.15) is 0 Å². The van der Waals surface area contributed by atoms with Crippen molar-refractivity contribution in [2.45, 2.75) is 6.42 Å². The van der Waals surface area contributed by atoms with Gasteiger partial charge in [-0.3, -0.25) is 0 Å². The van der Waals surface area contributed by atoms with Crippen LogP contribution in [-0.2, 0) is 0 Å². The minimum atomic E-state index is -1.22. The van der Waals surface area contributed by atoms with Gasteiger partial charge in [0.15, 0.2) is 0 Å². The summed E-state index contributed by atoms with van der Waals surface area (Å²) in [6.45, 7) is 0. The zero-order valence-electron chi connectivity index (χ0n) is 4.37. The molecule has 0 fully saturated rings. The molecule has 0 aromatic rings. The maximum absolute atomic E-state index is 8.53. The molecule has 0 saturated carbocycles. The Hall–Kier alpha value is 0.0749. The molecule has 1 heterocycles. The van der Waals surface area contributed by atoms with Crippen LogP contribution in [0.2, 0.25) is 0 Å². The summed E-state index contributed by atoms with van der Waals surface area (Å²) >= 11 is 1.63. The van der Waals surface area contributed by atoms with E-state index in [1.165, 1.54) is 0 Å². The van der Waals surface area contributed by atoms with Gasteiger partial charge in [-0.1, -0.05) is 0 Å². The van der Waals surface area contributed by atoms with Crippen LogP contribution < -0.4 is 0 Å². The van der Waals surface area contributed by atoms with Crippen LogP contribution >= 0.6 is 11.8 Å². The Bertz CT molecular complexity index is 113. The molecule has 1 aliphatic rings. The fourth-order valence-electron chi connectivity index (χ4n) is 0.592. The quantitative estimate of drug-likeness (QED) is 0.491. The summed E-state index contributed by atoms with van der Waals surface area (Å²) < 4.78 is 0. The van der Waals surface area contributed by atoms with E-state index in [9.17, 15) is 0 Å². The maximum atomic E-state index is 8.53. The summed E-state index contributed by atoms with van der Waals surface area (Å²) in [7, 11) is -1.22. The van der Waals surface area contributed by atoms with Crippen LogP contribution in [0.3, 0.4) is 0 Å². The Labute approximate surface area is 52.7 Å². The first-order valence-corrected chi connectivity index (χ1v) is 3.52. The number of thioether (sulfide) groups is 1. The molecule has 0 saturated heterocycles. The number of allylic oxidation sites excluding steroid dienone is 1. The van der Waals surface area contributed by atoms with Crippen LogP contribution in [-0.4, -0.2) is 22.9 Å². The second-order valence-corrected chi connectivity index (χ2v) is 2.66. The Kier molecular flexibility index (Phi) is 1.99. The van der Waals surface area contributed by atoms with Gasteiger partial charge in [-0.2, -0.15) is 0 Å². The number of hydrogen-bond acceptors (Lipinski definition) is 3.